The minimum absolute atomic E-state index is 0.359. The van der Waals surface area contributed by atoms with Gasteiger partial charge in [0.15, 0.2) is 5.75 Å². The number of rotatable bonds is 2. The summed E-state index contributed by atoms with van der Waals surface area (Å²) < 4.78 is 7.26. The predicted molar refractivity (Wildman–Crippen MR) is 87.2 cm³/mol. The van der Waals surface area contributed by atoms with E-state index in [0.717, 1.165) is 4.47 Å². The fourth-order valence-corrected chi connectivity index (χ4v) is 2.67. The van der Waals surface area contributed by atoms with E-state index in [1.165, 1.54) is 0 Å². The molecule has 0 aliphatic rings. The molecular formula is C14H7BrIN3O. The standard InChI is InChI=1S/C14H7BrIN3O/c15-10-2-1-9(7-18)13(5-10)20-14-11(16)3-8(6-17)4-12(14)19/h1-5H,19H2. The molecule has 0 fully saturated rings. The molecule has 2 N–H and O–H groups in total. The van der Waals surface area contributed by atoms with Gasteiger partial charge in [0.25, 0.3) is 0 Å². The molecule has 0 amide bonds. The van der Waals surface area contributed by atoms with Gasteiger partial charge in [0.1, 0.15) is 11.8 Å². The van der Waals surface area contributed by atoms with E-state index in [1.54, 1.807) is 30.3 Å². The van der Waals surface area contributed by atoms with Crippen molar-refractivity contribution in [3.05, 3.63) is 49.5 Å². The molecule has 0 unspecified atom stereocenters. The van der Waals surface area contributed by atoms with Crippen LogP contribution in [-0.4, -0.2) is 0 Å². The number of hydrogen-bond acceptors (Lipinski definition) is 4. The van der Waals surface area contributed by atoms with E-state index in [-0.39, 0.29) is 0 Å². The number of halogens is 2. The van der Waals surface area contributed by atoms with Gasteiger partial charge in [-0.1, -0.05) is 15.9 Å². The van der Waals surface area contributed by atoms with E-state index < -0.39 is 0 Å². The van der Waals surface area contributed by atoms with Gasteiger partial charge in [0, 0.05) is 4.47 Å². The SMILES string of the molecule is N#Cc1cc(N)c(Oc2cc(Br)ccc2C#N)c(I)c1. The number of nitrogens with zero attached hydrogens (tertiary/aromatic N) is 2. The van der Waals surface area contributed by atoms with E-state index in [2.05, 4.69) is 22.0 Å². The first-order valence-electron chi connectivity index (χ1n) is 5.41. The minimum Gasteiger partial charge on any atom is -0.453 e. The van der Waals surface area contributed by atoms with Crippen LogP contribution in [-0.2, 0) is 0 Å². The number of ether oxygens (including phenoxy) is 1. The van der Waals surface area contributed by atoms with Crippen molar-refractivity contribution in [3.8, 4) is 23.6 Å². The number of benzene rings is 2. The average Bonchev–Trinajstić information content (AvgIpc) is 2.42. The molecule has 2 aromatic rings. The highest BCUT2D eigenvalue weighted by Crippen LogP contribution is 2.35. The van der Waals surface area contributed by atoms with Gasteiger partial charge in [-0.15, -0.1) is 0 Å². The third kappa shape index (κ3) is 3.03. The summed E-state index contributed by atoms with van der Waals surface area (Å²) in [6.07, 6.45) is 0. The molecule has 6 heteroatoms. The van der Waals surface area contributed by atoms with E-state index in [0.29, 0.717) is 31.9 Å². The Hall–Kier alpha value is -1.77. The maximum atomic E-state index is 9.09. The van der Waals surface area contributed by atoms with Crippen molar-refractivity contribution in [1.29, 1.82) is 10.5 Å². The van der Waals surface area contributed by atoms with Gasteiger partial charge in [-0.3, -0.25) is 0 Å². The summed E-state index contributed by atoms with van der Waals surface area (Å²) in [6.45, 7) is 0. The van der Waals surface area contributed by atoms with Crippen LogP contribution in [0.1, 0.15) is 11.1 Å². The van der Waals surface area contributed by atoms with Gasteiger partial charge in [-0.2, -0.15) is 10.5 Å². The molecule has 0 bridgehead atoms. The predicted octanol–water partition coefficient (Wildman–Crippen LogP) is 4.17. The molecule has 98 valence electrons. The molecular weight excluding hydrogens is 433 g/mol. The van der Waals surface area contributed by atoms with Crippen LogP contribution in [0.15, 0.2) is 34.8 Å². The van der Waals surface area contributed by atoms with E-state index in [1.807, 2.05) is 28.7 Å². The van der Waals surface area contributed by atoms with Crippen LogP contribution in [0.4, 0.5) is 5.69 Å². The Morgan fingerprint density at radius 1 is 1.15 bits per heavy atom. The molecule has 2 aromatic carbocycles. The Balaban J connectivity index is 2.49. The molecule has 0 aliphatic carbocycles. The van der Waals surface area contributed by atoms with Gasteiger partial charge in [-0.05, 0) is 52.9 Å². The third-order valence-corrected chi connectivity index (χ3v) is 3.77. The summed E-state index contributed by atoms with van der Waals surface area (Å²) in [6, 6.07) is 12.4. The Morgan fingerprint density at radius 3 is 2.50 bits per heavy atom. The molecule has 0 saturated carbocycles. The number of anilines is 1. The molecule has 0 heterocycles. The largest absolute Gasteiger partial charge is 0.453 e. The second-order valence-electron chi connectivity index (χ2n) is 3.84. The number of nitrogens with two attached hydrogens (primary N) is 1. The topological polar surface area (TPSA) is 82.8 Å². The highest BCUT2D eigenvalue weighted by Gasteiger charge is 2.12. The van der Waals surface area contributed by atoms with Gasteiger partial charge in [0.05, 0.1) is 26.5 Å². The average molecular weight is 440 g/mol. The normalized spacial score (nSPS) is 9.60. The summed E-state index contributed by atoms with van der Waals surface area (Å²) in [5.41, 5.74) is 7.13. The Bertz CT molecular complexity index is 739. The lowest BCUT2D eigenvalue weighted by molar-refractivity contribution is 0.479. The second kappa shape index (κ2) is 6.12. The minimum atomic E-state index is 0.359. The molecule has 0 aliphatic heterocycles. The third-order valence-electron chi connectivity index (χ3n) is 2.48. The van der Waals surface area contributed by atoms with Crippen LogP contribution in [0.3, 0.4) is 0 Å². The smallest absolute Gasteiger partial charge is 0.163 e. The highest BCUT2D eigenvalue weighted by molar-refractivity contribution is 14.1. The van der Waals surface area contributed by atoms with Gasteiger partial charge < -0.3 is 10.5 Å². The molecule has 4 nitrogen and oxygen atoms in total. The number of nitriles is 2. The van der Waals surface area contributed by atoms with Gasteiger partial charge in [0.2, 0.25) is 0 Å². The maximum absolute atomic E-state index is 9.09. The second-order valence-corrected chi connectivity index (χ2v) is 5.92. The molecule has 0 spiro atoms. The van der Waals surface area contributed by atoms with Crippen molar-refractivity contribution in [1.82, 2.24) is 0 Å². The molecule has 2 rings (SSSR count). The lowest BCUT2D eigenvalue weighted by Crippen LogP contribution is -1.97. The summed E-state index contributed by atoms with van der Waals surface area (Å²) in [4.78, 5) is 0. The van der Waals surface area contributed by atoms with E-state index in [4.69, 9.17) is 21.0 Å². The highest BCUT2D eigenvalue weighted by atomic mass is 127. The van der Waals surface area contributed by atoms with Crippen LogP contribution >= 0.6 is 38.5 Å². The van der Waals surface area contributed by atoms with Gasteiger partial charge in [-0.25, -0.2) is 0 Å². The number of hydrogen-bond donors (Lipinski definition) is 1. The van der Waals surface area contributed by atoms with Crippen molar-refractivity contribution < 1.29 is 4.74 Å². The fourth-order valence-electron chi connectivity index (χ4n) is 1.57. The zero-order valence-corrected chi connectivity index (χ0v) is 13.8. The van der Waals surface area contributed by atoms with Crippen LogP contribution in [0.2, 0.25) is 0 Å². The first-order valence-corrected chi connectivity index (χ1v) is 7.29. The molecule has 0 radical (unpaired) electrons. The molecule has 0 aromatic heterocycles. The monoisotopic (exact) mass is 439 g/mol. The lowest BCUT2D eigenvalue weighted by Gasteiger charge is -2.12. The summed E-state index contributed by atoms with van der Waals surface area (Å²) in [5.74, 6) is 0.857. The summed E-state index contributed by atoms with van der Waals surface area (Å²) in [7, 11) is 0. The van der Waals surface area contributed by atoms with Crippen LogP contribution < -0.4 is 10.5 Å². The van der Waals surface area contributed by atoms with Gasteiger partial charge >= 0.3 is 0 Å². The van der Waals surface area contributed by atoms with Crippen LogP contribution in [0.5, 0.6) is 11.5 Å². The zero-order chi connectivity index (χ0) is 14.7. The summed E-state index contributed by atoms with van der Waals surface area (Å²) >= 11 is 5.38. The first kappa shape index (κ1) is 14.6. The zero-order valence-electron chi connectivity index (χ0n) is 10.0. The van der Waals surface area contributed by atoms with E-state index >= 15 is 0 Å². The van der Waals surface area contributed by atoms with Crippen molar-refractivity contribution in [3.63, 3.8) is 0 Å². The Kier molecular flexibility index (Phi) is 4.48. The lowest BCUT2D eigenvalue weighted by atomic mass is 10.2. The summed E-state index contributed by atoms with van der Waals surface area (Å²) in [5, 5.41) is 18.0. The van der Waals surface area contributed by atoms with Crippen molar-refractivity contribution >= 4 is 44.2 Å². The van der Waals surface area contributed by atoms with Crippen LogP contribution in [0.25, 0.3) is 0 Å². The number of nitrogen functional groups attached to an aromatic ring is 1. The first-order chi connectivity index (χ1) is 9.55. The van der Waals surface area contributed by atoms with Crippen molar-refractivity contribution in [2.24, 2.45) is 0 Å². The fraction of sp³-hybridized carbons (Fsp3) is 0. The maximum Gasteiger partial charge on any atom is 0.163 e. The quantitative estimate of drug-likeness (QED) is 0.562. The molecule has 0 atom stereocenters. The molecule has 0 saturated heterocycles. The Labute approximate surface area is 138 Å². The van der Waals surface area contributed by atoms with Crippen LogP contribution in [0, 0.1) is 26.2 Å². The van der Waals surface area contributed by atoms with Crippen molar-refractivity contribution in [2.75, 3.05) is 5.73 Å². The Morgan fingerprint density at radius 2 is 1.90 bits per heavy atom. The van der Waals surface area contributed by atoms with Crippen molar-refractivity contribution in [2.45, 2.75) is 0 Å². The van der Waals surface area contributed by atoms with E-state index in [9.17, 15) is 0 Å². The molecule has 20 heavy (non-hydrogen) atoms.